The Morgan fingerprint density at radius 3 is 2.81 bits per heavy atom. The number of hydrogen-bond donors (Lipinski definition) is 3. The van der Waals surface area contributed by atoms with Crippen molar-refractivity contribution in [3.63, 3.8) is 0 Å². The van der Waals surface area contributed by atoms with Crippen LogP contribution in [0.1, 0.15) is 0 Å². The Kier molecular flexibility index (Phi) is 4.28. The number of H-pyrrole nitrogens is 2. The van der Waals surface area contributed by atoms with Gasteiger partial charge in [-0.05, 0) is 30.3 Å². The number of anilines is 3. The maximum Gasteiger partial charge on any atom is 0.327 e. The van der Waals surface area contributed by atoms with E-state index >= 15 is 0 Å². The molecule has 4 heterocycles. The molecule has 0 bridgehead atoms. The molecule has 154 valence electrons. The van der Waals surface area contributed by atoms with Crippen molar-refractivity contribution in [3.05, 3.63) is 67.3 Å². The van der Waals surface area contributed by atoms with E-state index in [2.05, 4.69) is 67.9 Å². The highest BCUT2D eigenvalue weighted by molar-refractivity contribution is 5.83. The van der Waals surface area contributed by atoms with Crippen molar-refractivity contribution in [2.75, 3.05) is 36.5 Å². The molecule has 0 atom stereocenters. The van der Waals surface area contributed by atoms with Gasteiger partial charge < -0.3 is 15.0 Å². The molecule has 0 unspecified atom stereocenters. The summed E-state index contributed by atoms with van der Waals surface area (Å²) in [7, 11) is 0. The molecule has 2 aromatic carbocycles. The van der Waals surface area contributed by atoms with Gasteiger partial charge in [-0.25, -0.2) is 9.97 Å². The number of ether oxygens (including phenoxy) is 1. The number of nitrogens with zero attached hydrogens (tertiary/aromatic N) is 4. The predicted octanol–water partition coefficient (Wildman–Crippen LogP) is 3.27. The van der Waals surface area contributed by atoms with Crippen LogP contribution >= 0.6 is 0 Å². The van der Waals surface area contributed by atoms with Crippen LogP contribution in [-0.4, -0.2) is 46.5 Å². The van der Waals surface area contributed by atoms with Crippen LogP contribution in [-0.2, 0) is 4.74 Å². The van der Waals surface area contributed by atoms with Crippen molar-refractivity contribution in [1.82, 2.24) is 20.2 Å². The lowest BCUT2D eigenvalue weighted by atomic mass is 10.1. The summed E-state index contributed by atoms with van der Waals surface area (Å²) in [4.78, 5) is 10.5. The van der Waals surface area contributed by atoms with Crippen LogP contribution in [0.25, 0.3) is 27.8 Å². The summed E-state index contributed by atoms with van der Waals surface area (Å²) in [6.45, 7) is 3.42. The van der Waals surface area contributed by atoms with Gasteiger partial charge in [0.05, 0.1) is 24.9 Å². The van der Waals surface area contributed by atoms with Gasteiger partial charge >= 0.3 is 5.65 Å². The Balaban J connectivity index is 1.33. The van der Waals surface area contributed by atoms with Crippen molar-refractivity contribution < 1.29 is 9.14 Å². The summed E-state index contributed by atoms with van der Waals surface area (Å²) < 4.78 is 7.50. The highest BCUT2D eigenvalue weighted by Crippen LogP contribution is 2.26. The third-order valence-corrected chi connectivity index (χ3v) is 5.68. The van der Waals surface area contributed by atoms with Crippen LogP contribution in [0.2, 0.25) is 0 Å². The van der Waals surface area contributed by atoms with Crippen LogP contribution in [0.4, 0.5) is 17.2 Å². The van der Waals surface area contributed by atoms with E-state index in [-0.39, 0.29) is 0 Å². The van der Waals surface area contributed by atoms with Crippen LogP contribution in [0.15, 0.2) is 67.3 Å². The first kappa shape index (κ1) is 17.9. The zero-order valence-corrected chi connectivity index (χ0v) is 16.9. The van der Waals surface area contributed by atoms with E-state index in [0.29, 0.717) is 0 Å². The van der Waals surface area contributed by atoms with Gasteiger partial charge in [-0.15, -0.1) is 0 Å². The Morgan fingerprint density at radius 1 is 1.06 bits per heavy atom. The Morgan fingerprint density at radius 2 is 1.94 bits per heavy atom. The van der Waals surface area contributed by atoms with Gasteiger partial charge in [-0.3, -0.25) is 5.10 Å². The molecular formula is C23H22N7O+. The Hall–Kier alpha value is -3.91. The summed E-state index contributed by atoms with van der Waals surface area (Å²) in [5, 5.41) is 11.7. The number of morpholine rings is 1. The van der Waals surface area contributed by atoms with Gasteiger partial charge in [0.1, 0.15) is 24.3 Å². The second-order valence-electron chi connectivity index (χ2n) is 7.63. The van der Waals surface area contributed by atoms with E-state index in [9.17, 15) is 0 Å². The van der Waals surface area contributed by atoms with Gasteiger partial charge in [0.15, 0.2) is 0 Å². The lowest BCUT2D eigenvalue weighted by Gasteiger charge is -2.28. The highest BCUT2D eigenvalue weighted by Gasteiger charge is 2.16. The first-order valence-corrected chi connectivity index (χ1v) is 10.4. The molecule has 0 radical (unpaired) electrons. The number of benzene rings is 2. The Labute approximate surface area is 178 Å². The molecule has 8 nitrogen and oxygen atoms in total. The molecule has 1 aliphatic heterocycles. The normalized spacial score (nSPS) is 14.4. The van der Waals surface area contributed by atoms with Gasteiger partial charge in [-0.2, -0.15) is 9.50 Å². The molecule has 1 fully saturated rings. The summed E-state index contributed by atoms with van der Waals surface area (Å²) >= 11 is 0. The third kappa shape index (κ3) is 3.36. The fourth-order valence-electron chi connectivity index (χ4n) is 4.01. The summed E-state index contributed by atoms with van der Waals surface area (Å²) in [6.07, 6.45) is 7.74. The van der Waals surface area contributed by atoms with Crippen molar-refractivity contribution in [2.45, 2.75) is 0 Å². The number of nitrogens with one attached hydrogen (secondary N) is 3. The molecule has 3 aromatic heterocycles. The maximum absolute atomic E-state index is 5.45. The topological polar surface area (TPSA) is 86.0 Å². The number of fused-ring (bicyclic) bond motifs is 2. The average Bonchev–Trinajstić information content (AvgIpc) is 3.49. The molecule has 1 saturated heterocycles. The average molecular weight is 412 g/mol. The molecule has 8 heteroatoms. The van der Waals surface area contributed by atoms with Crippen molar-refractivity contribution in [3.8, 4) is 11.3 Å². The summed E-state index contributed by atoms with van der Waals surface area (Å²) in [6, 6.07) is 14.7. The van der Waals surface area contributed by atoms with E-state index in [4.69, 9.17) is 9.72 Å². The number of aromatic amines is 2. The maximum atomic E-state index is 5.45. The molecule has 3 N–H and O–H groups in total. The number of imidazole rings is 1. The lowest BCUT2D eigenvalue weighted by Crippen LogP contribution is -2.36. The van der Waals surface area contributed by atoms with Crippen molar-refractivity contribution >= 4 is 33.7 Å². The smallest absolute Gasteiger partial charge is 0.327 e. The fourth-order valence-corrected chi connectivity index (χ4v) is 4.01. The van der Waals surface area contributed by atoms with Crippen LogP contribution in [0.5, 0.6) is 0 Å². The Bertz CT molecular complexity index is 1350. The molecule has 0 amide bonds. The zero-order valence-electron chi connectivity index (χ0n) is 16.9. The molecule has 6 rings (SSSR count). The van der Waals surface area contributed by atoms with E-state index in [1.807, 2.05) is 29.2 Å². The SMILES string of the molecule is c1c[n+]2cc(-c3ccc4cn[nH]c4c3)nc(Nc3ccc(N4CCOCC4)cc3)c2[nH]1. The summed E-state index contributed by atoms with van der Waals surface area (Å²) in [5.41, 5.74) is 6.00. The quantitative estimate of drug-likeness (QED) is 0.395. The zero-order chi connectivity index (χ0) is 20.6. The fraction of sp³-hybridized carbons (Fsp3) is 0.174. The minimum Gasteiger partial charge on any atom is -0.378 e. The standard InChI is InChI=1S/C23H21N7O/c1-2-17-14-25-28-20(17)13-16(1)21-15-30-8-7-24-23(30)22(27-21)26-18-3-5-19(6-4-18)29-9-11-31-12-10-29/h1-8,13-15H,9-12H2,(H2,25,26,27,28)/p+1. The van der Waals surface area contributed by atoms with Crippen LogP contribution in [0, 0.1) is 0 Å². The molecule has 1 aliphatic rings. The van der Waals surface area contributed by atoms with Crippen molar-refractivity contribution in [1.29, 1.82) is 0 Å². The first-order chi connectivity index (χ1) is 15.3. The largest absolute Gasteiger partial charge is 0.378 e. The monoisotopic (exact) mass is 412 g/mol. The minimum atomic E-state index is 0.770. The van der Waals surface area contributed by atoms with Gasteiger partial charge in [0.25, 0.3) is 0 Å². The molecule has 31 heavy (non-hydrogen) atoms. The van der Waals surface area contributed by atoms with Gasteiger partial charge in [0.2, 0.25) is 5.82 Å². The first-order valence-electron chi connectivity index (χ1n) is 10.4. The van der Waals surface area contributed by atoms with E-state index in [1.165, 1.54) is 5.69 Å². The lowest BCUT2D eigenvalue weighted by molar-refractivity contribution is -0.509. The van der Waals surface area contributed by atoms with Crippen LogP contribution in [0.3, 0.4) is 0 Å². The van der Waals surface area contributed by atoms with Crippen molar-refractivity contribution in [2.24, 2.45) is 0 Å². The minimum absolute atomic E-state index is 0.770. The predicted molar refractivity (Wildman–Crippen MR) is 120 cm³/mol. The van der Waals surface area contributed by atoms with Crippen LogP contribution < -0.4 is 14.6 Å². The van der Waals surface area contributed by atoms with Gasteiger partial charge in [0, 0.05) is 35.4 Å². The second kappa shape index (κ2) is 7.41. The summed E-state index contributed by atoms with van der Waals surface area (Å²) in [5.74, 6) is 0.770. The van der Waals surface area contributed by atoms with Gasteiger partial charge in [-0.1, -0.05) is 12.1 Å². The molecule has 0 aliphatic carbocycles. The molecule has 0 spiro atoms. The highest BCUT2D eigenvalue weighted by atomic mass is 16.5. The molecule has 5 aromatic rings. The molecular weight excluding hydrogens is 390 g/mol. The second-order valence-corrected chi connectivity index (χ2v) is 7.63. The number of aromatic nitrogens is 5. The van der Waals surface area contributed by atoms with E-state index in [1.54, 1.807) is 0 Å². The molecule has 0 saturated carbocycles. The van der Waals surface area contributed by atoms with E-state index in [0.717, 1.165) is 65.6 Å². The number of hydrogen-bond acceptors (Lipinski definition) is 5. The van der Waals surface area contributed by atoms with E-state index < -0.39 is 0 Å². The third-order valence-electron chi connectivity index (χ3n) is 5.68. The number of rotatable bonds is 4.